The number of unbranched alkanes of at least 4 members (excludes halogenated alkanes) is 1. The van der Waals surface area contributed by atoms with Crippen LogP contribution in [0.3, 0.4) is 0 Å². The van der Waals surface area contributed by atoms with Crippen molar-refractivity contribution in [1.82, 2.24) is 4.90 Å². The molecule has 116 valence electrons. The predicted octanol–water partition coefficient (Wildman–Crippen LogP) is 2.94. The van der Waals surface area contributed by atoms with Crippen LogP contribution in [0.5, 0.6) is 0 Å². The monoisotopic (exact) mass is 293 g/mol. The Bertz CT molecular complexity index is 447. The lowest BCUT2D eigenvalue weighted by Crippen LogP contribution is -2.38. The van der Waals surface area contributed by atoms with Gasteiger partial charge < -0.3 is 14.7 Å². The number of hydrogen-bond donors (Lipinski definition) is 1. The zero-order chi connectivity index (χ0) is 15.7. The number of rotatable bonds is 8. The predicted molar refractivity (Wildman–Crippen MR) is 80.2 cm³/mol. The lowest BCUT2D eigenvalue weighted by atomic mass is 10.1. The summed E-state index contributed by atoms with van der Waals surface area (Å²) in [5, 5.41) is 9.22. The number of ether oxygens (including phenoxy) is 1. The van der Waals surface area contributed by atoms with Crippen molar-refractivity contribution in [2.45, 2.75) is 39.2 Å². The van der Waals surface area contributed by atoms with E-state index >= 15 is 0 Å². The highest BCUT2D eigenvalue weighted by molar-refractivity contribution is 5.77. The first-order valence-corrected chi connectivity index (χ1v) is 7.30. The third-order valence-electron chi connectivity index (χ3n) is 3.20. The topological polar surface area (TPSA) is 66.8 Å². The lowest BCUT2D eigenvalue weighted by molar-refractivity contribution is -0.147. The number of nitrogens with zero attached hydrogens (tertiary/aromatic N) is 1. The molecule has 0 fully saturated rings. The molecule has 0 saturated carbocycles. The molecule has 1 amide bonds. The molecule has 5 heteroatoms. The average molecular weight is 293 g/mol. The minimum absolute atomic E-state index is 0.174. The summed E-state index contributed by atoms with van der Waals surface area (Å²) in [5.41, 5.74) is 0.828. The van der Waals surface area contributed by atoms with E-state index in [1.165, 1.54) is 4.90 Å². The van der Waals surface area contributed by atoms with E-state index in [1.54, 1.807) is 0 Å². The van der Waals surface area contributed by atoms with Crippen LogP contribution < -0.4 is 0 Å². The van der Waals surface area contributed by atoms with E-state index in [2.05, 4.69) is 0 Å². The maximum absolute atomic E-state index is 12.0. The fourth-order valence-corrected chi connectivity index (χ4v) is 1.93. The lowest BCUT2D eigenvalue weighted by Gasteiger charge is -2.22. The van der Waals surface area contributed by atoms with Crippen molar-refractivity contribution in [2.24, 2.45) is 0 Å². The van der Waals surface area contributed by atoms with Gasteiger partial charge in [-0.1, -0.05) is 43.7 Å². The molecule has 1 aromatic carbocycles. The number of amides is 1. The quantitative estimate of drug-likeness (QED) is 0.800. The third-order valence-corrected chi connectivity index (χ3v) is 3.20. The molecule has 0 bridgehead atoms. The minimum Gasteiger partial charge on any atom is -0.478 e. The van der Waals surface area contributed by atoms with Gasteiger partial charge in [0.2, 0.25) is 6.10 Å². The molecule has 0 unspecified atom stereocenters. The van der Waals surface area contributed by atoms with Crippen LogP contribution in [0.15, 0.2) is 30.3 Å². The summed E-state index contributed by atoms with van der Waals surface area (Å²) < 4.78 is 5.15. The Morgan fingerprint density at radius 2 is 1.90 bits per heavy atom. The first-order valence-electron chi connectivity index (χ1n) is 7.30. The molecule has 0 heterocycles. The number of carboxylic acids is 1. The summed E-state index contributed by atoms with van der Waals surface area (Å²) in [4.78, 5) is 24.8. The molecule has 1 N–H and O–H groups in total. The molecule has 1 aromatic rings. The Morgan fingerprint density at radius 3 is 2.43 bits per heavy atom. The zero-order valence-electron chi connectivity index (χ0n) is 12.6. The SMILES string of the molecule is CCCCN(CC)C(=O)O[C@@H](Cc1ccccc1)C(=O)O. The van der Waals surface area contributed by atoms with Crippen LogP contribution in [0, 0.1) is 0 Å². The molecular formula is C16H23NO4. The van der Waals surface area contributed by atoms with Crippen LogP contribution in [0.25, 0.3) is 0 Å². The Morgan fingerprint density at radius 1 is 1.24 bits per heavy atom. The van der Waals surface area contributed by atoms with Crippen LogP contribution in [-0.4, -0.2) is 41.3 Å². The van der Waals surface area contributed by atoms with Crippen molar-refractivity contribution in [3.8, 4) is 0 Å². The summed E-state index contributed by atoms with van der Waals surface area (Å²) >= 11 is 0. The second-order valence-electron chi connectivity index (χ2n) is 4.83. The number of benzene rings is 1. The summed E-state index contributed by atoms with van der Waals surface area (Å²) in [6.45, 7) is 4.98. The fourth-order valence-electron chi connectivity index (χ4n) is 1.93. The fraction of sp³-hybridized carbons (Fsp3) is 0.500. The summed E-state index contributed by atoms with van der Waals surface area (Å²) in [7, 11) is 0. The van der Waals surface area contributed by atoms with Gasteiger partial charge in [0.15, 0.2) is 0 Å². The second kappa shape index (κ2) is 9.00. The second-order valence-corrected chi connectivity index (χ2v) is 4.83. The summed E-state index contributed by atoms with van der Waals surface area (Å²) in [6.07, 6.45) is 0.299. The molecule has 0 spiro atoms. The molecule has 0 radical (unpaired) electrons. The van der Waals surface area contributed by atoms with Gasteiger partial charge in [-0.25, -0.2) is 9.59 Å². The number of aliphatic carboxylic acids is 1. The Kier molecular flexibility index (Phi) is 7.29. The van der Waals surface area contributed by atoms with Gasteiger partial charge >= 0.3 is 12.1 Å². The average Bonchev–Trinajstić information content (AvgIpc) is 2.48. The Labute approximate surface area is 125 Å². The number of hydrogen-bond acceptors (Lipinski definition) is 3. The van der Waals surface area contributed by atoms with Gasteiger partial charge in [0, 0.05) is 19.5 Å². The molecule has 1 rings (SSSR count). The molecule has 5 nitrogen and oxygen atoms in total. The van der Waals surface area contributed by atoms with Crippen LogP contribution in [-0.2, 0) is 16.0 Å². The van der Waals surface area contributed by atoms with Gasteiger partial charge in [-0.05, 0) is 18.9 Å². The van der Waals surface area contributed by atoms with Crippen LogP contribution in [0.4, 0.5) is 4.79 Å². The van der Waals surface area contributed by atoms with E-state index in [0.29, 0.717) is 13.1 Å². The van der Waals surface area contributed by atoms with Gasteiger partial charge in [-0.15, -0.1) is 0 Å². The maximum atomic E-state index is 12.0. The Balaban J connectivity index is 2.65. The van der Waals surface area contributed by atoms with E-state index in [9.17, 15) is 14.7 Å². The van der Waals surface area contributed by atoms with Crippen LogP contribution in [0.2, 0.25) is 0 Å². The first kappa shape index (κ1) is 17.0. The molecule has 21 heavy (non-hydrogen) atoms. The zero-order valence-corrected chi connectivity index (χ0v) is 12.6. The van der Waals surface area contributed by atoms with Crippen molar-refractivity contribution < 1.29 is 19.4 Å². The molecule has 0 saturated heterocycles. The normalized spacial score (nSPS) is 11.7. The number of carboxylic acid groups (broad SMARTS) is 1. The van der Waals surface area contributed by atoms with E-state index in [1.807, 2.05) is 44.2 Å². The van der Waals surface area contributed by atoms with Crippen LogP contribution in [0.1, 0.15) is 32.3 Å². The molecule has 0 aliphatic rings. The number of carbonyl (C=O) groups excluding carboxylic acids is 1. The summed E-state index contributed by atoms with van der Waals surface area (Å²) in [6, 6.07) is 9.15. The van der Waals surface area contributed by atoms with Crippen LogP contribution >= 0.6 is 0 Å². The molecule has 0 aromatic heterocycles. The highest BCUT2D eigenvalue weighted by Crippen LogP contribution is 2.09. The van der Waals surface area contributed by atoms with E-state index in [-0.39, 0.29) is 6.42 Å². The van der Waals surface area contributed by atoms with Crippen molar-refractivity contribution in [1.29, 1.82) is 0 Å². The highest BCUT2D eigenvalue weighted by atomic mass is 16.6. The highest BCUT2D eigenvalue weighted by Gasteiger charge is 2.25. The Hall–Kier alpha value is -2.04. The molecule has 0 aliphatic carbocycles. The van der Waals surface area contributed by atoms with Crippen molar-refractivity contribution in [2.75, 3.05) is 13.1 Å². The largest absolute Gasteiger partial charge is 0.478 e. The first-order chi connectivity index (χ1) is 10.1. The van der Waals surface area contributed by atoms with E-state index in [4.69, 9.17) is 4.74 Å². The standard InChI is InChI=1S/C16H23NO4/c1-3-5-11-17(4-2)16(20)21-14(15(18)19)12-13-9-7-6-8-10-13/h6-10,14H,3-5,11-12H2,1-2H3,(H,18,19)/t14-/m0/s1. The van der Waals surface area contributed by atoms with Gasteiger partial charge in [-0.3, -0.25) is 0 Å². The summed E-state index contributed by atoms with van der Waals surface area (Å²) in [5.74, 6) is -1.13. The third kappa shape index (κ3) is 5.85. The van der Waals surface area contributed by atoms with Gasteiger partial charge in [0.1, 0.15) is 0 Å². The van der Waals surface area contributed by atoms with Crippen molar-refractivity contribution in [3.63, 3.8) is 0 Å². The number of carbonyl (C=O) groups is 2. The molecule has 1 atom stereocenters. The van der Waals surface area contributed by atoms with Crippen molar-refractivity contribution in [3.05, 3.63) is 35.9 Å². The molecule has 0 aliphatic heterocycles. The molecular weight excluding hydrogens is 270 g/mol. The van der Waals surface area contributed by atoms with Gasteiger partial charge in [0.05, 0.1) is 0 Å². The van der Waals surface area contributed by atoms with Gasteiger partial charge in [0.25, 0.3) is 0 Å². The van der Waals surface area contributed by atoms with E-state index in [0.717, 1.165) is 18.4 Å². The smallest absolute Gasteiger partial charge is 0.410 e. The maximum Gasteiger partial charge on any atom is 0.410 e. The van der Waals surface area contributed by atoms with Gasteiger partial charge in [-0.2, -0.15) is 0 Å². The minimum atomic E-state index is -1.16. The van der Waals surface area contributed by atoms with E-state index < -0.39 is 18.2 Å². The van der Waals surface area contributed by atoms with Crippen molar-refractivity contribution >= 4 is 12.1 Å².